The number of unbranched alkanes of at least 4 members (excludes halogenated alkanes) is 8. The summed E-state index contributed by atoms with van der Waals surface area (Å²) >= 11 is 0. The van der Waals surface area contributed by atoms with Crippen LogP contribution in [0, 0.1) is 5.92 Å². The van der Waals surface area contributed by atoms with Gasteiger partial charge in [-0.05, 0) is 37.8 Å². The Morgan fingerprint density at radius 2 is 1.22 bits per heavy atom. The van der Waals surface area contributed by atoms with Crippen LogP contribution in [0.3, 0.4) is 0 Å². The molecule has 0 aromatic heterocycles. The van der Waals surface area contributed by atoms with Gasteiger partial charge < -0.3 is 23.7 Å². The summed E-state index contributed by atoms with van der Waals surface area (Å²) in [6.45, 7) is 9.82. The van der Waals surface area contributed by atoms with E-state index in [4.69, 9.17) is 23.7 Å². The van der Waals surface area contributed by atoms with Crippen LogP contribution in [0.25, 0.3) is 0 Å². The van der Waals surface area contributed by atoms with Gasteiger partial charge in [0, 0.05) is 23.6 Å². The largest absolute Gasteiger partial charge is 0.494 e. The van der Waals surface area contributed by atoms with E-state index in [1.807, 2.05) is 24.3 Å². The highest BCUT2D eigenvalue weighted by Crippen LogP contribution is 2.28. The van der Waals surface area contributed by atoms with Gasteiger partial charge in [-0.1, -0.05) is 70.2 Å². The van der Waals surface area contributed by atoms with Crippen molar-refractivity contribution in [1.29, 1.82) is 0 Å². The second kappa shape index (κ2) is 19.5. The van der Waals surface area contributed by atoms with Crippen molar-refractivity contribution in [2.45, 2.75) is 76.9 Å². The molecule has 206 valence electrons. The fourth-order valence-electron chi connectivity index (χ4n) is 4.08. The van der Waals surface area contributed by atoms with E-state index in [-0.39, 0.29) is 18.2 Å². The van der Waals surface area contributed by atoms with Crippen LogP contribution in [0.2, 0.25) is 0 Å². The molecule has 1 aliphatic rings. The monoisotopic (exact) mass is 516 g/mol. The molecule has 1 fully saturated rings. The fraction of sp³-hybridized carbons (Fsp3) is 0.600. The normalized spacial score (nSPS) is 17.1. The van der Waals surface area contributed by atoms with E-state index in [1.54, 1.807) is 0 Å². The molecule has 0 spiro atoms. The number of carbonyl (C=O) groups is 2. The van der Waals surface area contributed by atoms with Gasteiger partial charge in [0.25, 0.3) is 0 Å². The zero-order valence-electron chi connectivity index (χ0n) is 22.2. The maximum absolute atomic E-state index is 11.0. The van der Waals surface area contributed by atoms with Gasteiger partial charge in [0.1, 0.15) is 5.75 Å². The summed E-state index contributed by atoms with van der Waals surface area (Å²) in [5, 5.41) is 0. The molecule has 7 heteroatoms. The van der Waals surface area contributed by atoms with Crippen LogP contribution in [0.1, 0.15) is 82.5 Å². The van der Waals surface area contributed by atoms with Crippen LogP contribution >= 0.6 is 0 Å². The number of ether oxygens (including phenoxy) is 5. The number of benzene rings is 1. The lowest BCUT2D eigenvalue weighted by Crippen LogP contribution is -2.27. The number of hydrogen-bond acceptors (Lipinski definition) is 7. The number of esters is 2. The Balaban J connectivity index is 1.47. The first-order valence-electron chi connectivity index (χ1n) is 13.7. The van der Waals surface area contributed by atoms with Crippen molar-refractivity contribution in [3.05, 3.63) is 55.1 Å². The zero-order chi connectivity index (χ0) is 26.6. The van der Waals surface area contributed by atoms with E-state index >= 15 is 0 Å². The molecule has 37 heavy (non-hydrogen) atoms. The van der Waals surface area contributed by atoms with E-state index < -0.39 is 0 Å². The number of hydrogen-bond donors (Lipinski definition) is 0. The predicted octanol–water partition coefficient (Wildman–Crippen LogP) is 6.48. The van der Waals surface area contributed by atoms with Crippen LogP contribution < -0.4 is 4.74 Å². The molecule has 2 rings (SSSR count). The van der Waals surface area contributed by atoms with Crippen LogP contribution in [0.5, 0.6) is 5.75 Å². The Morgan fingerprint density at radius 3 is 1.76 bits per heavy atom. The topological polar surface area (TPSA) is 80.3 Å². The fourth-order valence-corrected chi connectivity index (χ4v) is 4.08. The van der Waals surface area contributed by atoms with Gasteiger partial charge in [-0.3, -0.25) is 0 Å². The minimum atomic E-state index is -0.352. The van der Waals surface area contributed by atoms with E-state index in [9.17, 15) is 9.59 Å². The first kappa shape index (κ1) is 30.6. The molecular formula is C30H44O7. The maximum atomic E-state index is 11.0. The van der Waals surface area contributed by atoms with Crippen molar-refractivity contribution in [3.63, 3.8) is 0 Å². The van der Waals surface area contributed by atoms with Crippen LogP contribution in [-0.4, -0.2) is 45.0 Å². The van der Waals surface area contributed by atoms with Crippen molar-refractivity contribution < 1.29 is 33.3 Å². The van der Waals surface area contributed by atoms with Crippen molar-refractivity contribution in [3.8, 4) is 5.75 Å². The van der Waals surface area contributed by atoms with Crippen LogP contribution in [-0.2, 0) is 28.5 Å². The molecule has 1 saturated heterocycles. The minimum absolute atomic E-state index is 0.315. The standard InChI is InChI=1S/C30H44O7/c1-3-28(31)34-21-13-9-6-5-8-12-20-33-27-18-16-26(17-19-27)30-36-23-25(24-37-30)15-11-7-10-14-22-35-29(32)4-2/h3-4,16-19,25,30H,1-2,5-15,20-24H2. The summed E-state index contributed by atoms with van der Waals surface area (Å²) in [5.41, 5.74) is 1.01. The van der Waals surface area contributed by atoms with Gasteiger partial charge in [0.15, 0.2) is 6.29 Å². The molecule has 0 bridgehead atoms. The number of carbonyl (C=O) groups excluding carboxylic acids is 2. The second-order valence-corrected chi connectivity index (χ2v) is 9.35. The van der Waals surface area contributed by atoms with E-state index in [0.29, 0.717) is 39.0 Å². The predicted molar refractivity (Wildman–Crippen MR) is 143 cm³/mol. The van der Waals surface area contributed by atoms with E-state index in [2.05, 4.69) is 13.2 Å². The van der Waals surface area contributed by atoms with E-state index in [0.717, 1.165) is 81.9 Å². The average Bonchev–Trinajstić information content (AvgIpc) is 2.93. The quantitative estimate of drug-likeness (QED) is 0.111. The van der Waals surface area contributed by atoms with E-state index in [1.165, 1.54) is 12.2 Å². The number of rotatable bonds is 20. The summed E-state index contributed by atoms with van der Waals surface area (Å²) < 4.78 is 27.8. The molecule has 0 unspecified atom stereocenters. The smallest absolute Gasteiger partial charge is 0.330 e. The van der Waals surface area contributed by atoms with Crippen molar-refractivity contribution in [2.24, 2.45) is 5.92 Å². The summed E-state index contributed by atoms with van der Waals surface area (Å²) in [6, 6.07) is 7.98. The average molecular weight is 517 g/mol. The molecule has 7 nitrogen and oxygen atoms in total. The highest BCUT2D eigenvalue weighted by Gasteiger charge is 2.23. The first-order chi connectivity index (χ1) is 18.1. The minimum Gasteiger partial charge on any atom is -0.494 e. The molecule has 1 aromatic rings. The van der Waals surface area contributed by atoms with Gasteiger partial charge >= 0.3 is 11.9 Å². The van der Waals surface area contributed by atoms with Gasteiger partial charge in [-0.2, -0.15) is 0 Å². The SMILES string of the molecule is C=CC(=O)OCCCCCCCCOc1ccc(C2OCC(CCCCCCOC(=O)C=C)CO2)cc1. The third-order valence-corrected chi connectivity index (χ3v) is 6.25. The Morgan fingerprint density at radius 1 is 0.730 bits per heavy atom. The molecule has 0 atom stereocenters. The van der Waals surface area contributed by atoms with Crippen molar-refractivity contribution >= 4 is 11.9 Å². The highest BCUT2D eigenvalue weighted by atomic mass is 16.7. The van der Waals surface area contributed by atoms with Crippen LogP contribution in [0.4, 0.5) is 0 Å². The highest BCUT2D eigenvalue weighted by molar-refractivity contribution is 5.81. The molecule has 0 amide bonds. The molecule has 0 N–H and O–H groups in total. The summed E-state index contributed by atoms with van der Waals surface area (Å²) in [4.78, 5) is 21.9. The molecule has 1 heterocycles. The Kier molecular flexibility index (Phi) is 16.1. The van der Waals surface area contributed by atoms with Gasteiger partial charge in [0.05, 0.1) is 33.0 Å². The summed E-state index contributed by atoms with van der Waals surface area (Å²) in [5.74, 6) is 0.585. The lowest BCUT2D eigenvalue weighted by molar-refractivity contribution is -0.206. The second-order valence-electron chi connectivity index (χ2n) is 9.35. The van der Waals surface area contributed by atoms with Crippen LogP contribution in [0.15, 0.2) is 49.6 Å². The zero-order valence-corrected chi connectivity index (χ0v) is 22.2. The third kappa shape index (κ3) is 14.0. The maximum Gasteiger partial charge on any atom is 0.330 e. The molecule has 1 aromatic carbocycles. The van der Waals surface area contributed by atoms with Crippen molar-refractivity contribution in [2.75, 3.05) is 33.0 Å². The van der Waals surface area contributed by atoms with Gasteiger partial charge in [-0.25, -0.2) is 9.59 Å². The Bertz CT molecular complexity index is 782. The molecular weight excluding hydrogens is 472 g/mol. The Labute approximate surface area is 222 Å². The van der Waals surface area contributed by atoms with Gasteiger partial charge in [0.2, 0.25) is 0 Å². The summed E-state index contributed by atoms with van der Waals surface area (Å²) in [7, 11) is 0. The lowest BCUT2D eigenvalue weighted by Gasteiger charge is -2.29. The lowest BCUT2D eigenvalue weighted by atomic mass is 10.0. The Hall–Kier alpha value is -2.64. The third-order valence-electron chi connectivity index (χ3n) is 6.25. The molecule has 0 saturated carbocycles. The molecule has 0 aliphatic carbocycles. The van der Waals surface area contributed by atoms with Gasteiger partial charge in [-0.15, -0.1) is 0 Å². The molecule has 0 radical (unpaired) electrons. The molecule has 1 aliphatic heterocycles. The first-order valence-corrected chi connectivity index (χ1v) is 13.7. The summed E-state index contributed by atoms with van der Waals surface area (Å²) in [6.07, 6.45) is 13.7. The van der Waals surface area contributed by atoms with Crippen molar-refractivity contribution in [1.82, 2.24) is 0 Å².